The molecule has 1 fully saturated rings. The number of methoxy groups -OCH3 is 2. The zero-order valence-electron chi connectivity index (χ0n) is 16.9. The third-order valence-electron chi connectivity index (χ3n) is 4.56. The molecule has 1 saturated carbocycles. The number of aliphatic imine (C=N–C) groups is 1. The molecule has 0 spiro atoms. The molecule has 0 radical (unpaired) electrons. The summed E-state index contributed by atoms with van der Waals surface area (Å²) in [6.45, 7) is 1.54. The lowest BCUT2D eigenvalue weighted by molar-refractivity contribution is -0.121. The van der Waals surface area contributed by atoms with Crippen LogP contribution in [0.3, 0.4) is 0 Å². The molecular formula is C20H32N4O3. The van der Waals surface area contributed by atoms with Gasteiger partial charge in [-0.3, -0.25) is 9.79 Å². The first-order chi connectivity index (χ1) is 13.1. The highest BCUT2D eigenvalue weighted by atomic mass is 16.5. The molecule has 0 heterocycles. The summed E-state index contributed by atoms with van der Waals surface area (Å²) >= 11 is 0. The summed E-state index contributed by atoms with van der Waals surface area (Å²) in [6, 6.07) is 6.40. The summed E-state index contributed by atoms with van der Waals surface area (Å²) < 4.78 is 10.6. The Bertz CT molecular complexity index is 644. The number of hydrogen-bond donors (Lipinski definition) is 2. The van der Waals surface area contributed by atoms with Crippen LogP contribution in [0.2, 0.25) is 0 Å². The van der Waals surface area contributed by atoms with Gasteiger partial charge >= 0.3 is 0 Å². The topological polar surface area (TPSA) is 75.2 Å². The molecule has 2 rings (SSSR count). The van der Waals surface area contributed by atoms with Crippen molar-refractivity contribution in [2.45, 2.75) is 38.1 Å². The third-order valence-corrected chi connectivity index (χ3v) is 4.56. The summed E-state index contributed by atoms with van der Waals surface area (Å²) in [5.41, 5.74) is 1.17. The van der Waals surface area contributed by atoms with Crippen molar-refractivity contribution in [3.8, 4) is 11.5 Å². The van der Waals surface area contributed by atoms with Crippen LogP contribution in [0.4, 0.5) is 0 Å². The fourth-order valence-electron chi connectivity index (χ4n) is 2.80. The van der Waals surface area contributed by atoms with Gasteiger partial charge in [-0.05, 0) is 43.4 Å². The zero-order valence-corrected chi connectivity index (χ0v) is 16.9. The number of rotatable bonds is 10. The smallest absolute Gasteiger partial charge is 0.220 e. The van der Waals surface area contributed by atoms with E-state index in [-0.39, 0.29) is 5.91 Å². The van der Waals surface area contributed by atoms with E-state index in [1.165, 1.54) is 5.56 Å². The fourth-order valence-corrected chi connectivity index (χ4v) is 2.80. The maximum atomic E-state index is 11.7. The van der Waals surface area contributed by atoms with E-state index in [1.54, 1.807) is 21.3 Å². The number of carbonyl (C=O) groups excluding carboxylic acids is 1. The Balaban J connectivity index is 1.72. The molecule has 1 aromatic rings. The van der Waals surface area contributed by atoms with E-state index >= 15 is 0 Å². The molecule has 0 atom stereocenters. The van der Waals surface area contributed by atoms with Crippen LogP contribution in [-0.4, -0.2) is 64.2 Å². The van der Waals surface area contributed by atoms with Gasteiger partial charge in [0.1, 0.15) is 0 Å². The van der Waals surface area contributed by atoms with Crippen LogP contribution >= 0.6 is 0 Å². The Morgan fingerprint density at radius 3 is 2.63 bits per heavy atom. The molecule has 27 heavy (non-hydrogen) atoms. The molecule has 0 aliphatic heterocycles. The third kappa shape index (κ3) is 7.00. The first-order valence-electron chi connectivity index (χ1n) is 9.49. The Labute approximate surface area is 162 Å². The molecule has 0 bridgehead atoms. The Kier molecular flexibility index (Phi) is 8.23. The Morgan fingerprint density at radius 1 is 1.26 bits per heavy atom. The van der Waals surface area contributed by atoms with Gasteiger partial charge in [0.15, 0.2) is 17.5 Å². The van der Waals surface area contributed by atoms with Gasteiger partial charge in [0.25, 0.3) is 0 Å². The van der Waals surface area contributed by atoms with Gasteiger partial charge < -0.3 is 25.0 Å². The Morgan fingerprint density at radius 2 is 2.00 bits per heavy atom. The van der Waals surface area contributed by atoms with Crippen molar-refractivity contribution in [2.75, 3.05) is 41.4 Å². The van der Waals surface area contributed by atoms with E-state index in [0.717, 1.165) is 56.2 Å². The van der Waals surface area contributed by atoms with Crippen molar-refractivity contribution in [1.82, 2.24) is 15.5 Å². The minimum Gasteiger partial charge on any atom is -0.493 e. The van der Waals surface area contributed by atoms with E-state index < -0.39 is 0 Å². The normalized spacial score (nSPS) is 13.9. The van der Waals surface area contributed by atoms with Crippen LogP contribution in [0, 0.1) is 0 Å². The summed E-state index contributed by atoms with van der Waals surface area (Å²) in [6.07, 6.45) is 4.46. The van der Waals surface area contributed by atoms with Gasteiger partial charge in [-0.1, -0.05) is 6.07 Å². The largest absolute Gasteiger partial charge is 0.493 e. The molecule has 1 aromatic carbocycles. The highest BCUT2D eigenvalue weighted by molar-refractivity contribution is 5.80. The number of nitrogens with zero attached hydrogens (tertiary/aromatic N) is 2. The zero-order chi connectivity index (χ0) is 19.6. The summed E-state index contributed by atoms with van der Waals surface area (Å²) in [5.74, 6) is 2.46. The number of amides is 1. The minimum atomic E-state index is 0.149. The molecule has 0 saturated heterocycles. The number of carbonyl (C=O) groups is 1. The van der Waals surface area contributed by atoms with Crippen molar-refractivity contribution >= 4 is 11.9 Å². The highest BCUT2D eigenvalue weighted by Gasteiger charge is 2.22. The minimum absolute atomic E-state index is 0.149. The van der Waals surface area contributed by atoms with Gasteiger partial charge in [-0.25, -0.2) is 0 Å². The number of likely N-dealkylation sites (N-methyl/N-ethyl adjacent to an activating group) is 1. The van der Waals surface area contributed by atoms with Gasteiger partial charge in [-0.2, -0.15) is 0 Å². The lowest BCUT2D eigenvalue weighted by atomic mass is 10.1. The first-order valence-corrected chi connectivity index (χ1v) is 9.49. The van der Waals surface area contributed by atoms with E-state index in [0.29, 0.717) is 12.5 Å². The Hall–Kier alpha value is -2.44. The van der Waals surface area contributed by atoms with Crippen molar-refractivity contribution in [3.05, 3.63) is 23.8 Å². The average molecular weight is 377 g/mol. The van der Waals surface area contributed by atoms with Crippen LogP contribution in [-0.2, 0) is 11.2 Å². The number of guanidine groups is 1. The van der Waals surface area contributed by atoms with Crippen molar-refractivity contribution in [1.29, 1.82) is 0 Å². The number of ether oxygens (including phenoxy) is 2. The number of hydrogen-bond acceptors (Lipinski definition) is 4. The molecule has 7 nitrogen and oxygen atoms in total. The standard InChI is InChI=1S/C20H32N4O3/c1-21-20(22-12-5-6-19(25)23-16-8-9-16)24(2)13-11-15-7-10-17(26-3)18(14-15)27-4/h7,10,14,16H,5-6,8-9,11-13H2,1-4H3,(H,21,22)(H,23,25). The molecule has 0 aromatic heterocycles. The van der Waals surface area contributed by atoms with Crippen LogP contribution in [0.5, 0.6) is 11.5 Å². The fraction of sp³-hybridized carbons (Fsp3) is 0.600. The van der Waals surface area contributed by atoms with E-state index in [1.807, 2.05) is 25.2 Å². The molecule has 1 amide bonds. The van der Waals surface area contributed by atoms with E-state index in [4.69, 9.17) is 9.47 Å². The average Bonchev–Trinajstić information content (AvgIpc) is 3.49. The van der Waals surface area contributed by atoms with Gasteiger partial charge in [0.05, 0.1) is 14.2 Å². The second-order valence-electron chi connectivity index (χ2n) is 6.78. The van der Waals surface area contributed by atoms with Crippen LogP contribution in [0.15, 0.2) is 23.2 Å². The molecule has 0 unspecified atom stereocenters. The summed E-state index contributed by atoms with van der Waals surface area (Å²) in [4.78, 5) is 18.1. The molecule has 2 N–H and O–H groups in total. The second kappa shape index (κ2) is 10.6. The molecule has 1 aliphatic carbocycles. The lowest BCUT2D eigenvalue weighted by Crippen LogP contribution is -2.40. The van der Waals surface area contributed by atoms with Crippen LogP contribution in [0.25, 0.3) is 0 Å². The van der Waals surface area contributed by atoms with Crippen molar-refractivity contribution in [2.24, 2.45) is 4.99 Å². The number of benzene rings is 1. The molecule has 7 heteroatoms. The predicted octanol–water partition coefficient (Wildman–Crippen LogP) is 1.81. The number of nitrogens with one attached hydrogen (secondary N) is 2. The maximum absolute atomic E-state index is 11.7. The van der Waals surface area contributed by atoms with Crippen molar-refractivity contribution in [3.63, 3.8) is 0 Å². The van der Waals surface area contributed by atoms with Crippen LogP contribution < -0.4 is 20.1 Å². The maximum Gasteiger partial charge on any atom is 0.220 e. The quantitative estimate of drug-likeness (QED) is 0.370. The predicted molar refractivity (Wildman–Crippen MR) is 108 cm³/mol. The van der Waals surface area contributed by atoms with E-state index in [2.05, 4.69) is 20.5 Å². The van der Waals surface area contributed by atoms with Crippen molar-refractivity contribution < 1.29 is 14.3 Å². The molecule has 150 valence electrons. The monoisotopic (exact) mass is 376 g/mol. The van der Waals surface area contributed by atoms with Gasteiger partial charge in [0.2, 0.25) is 5.91 Å². The first kappa shape index (κ1) is 20.9. The second-order valence-corrected chi connectivity index (χ2v) is 6.78. The molecular weight excluding hydrogens is 344 g/mol. The van der Waals surface area contributed by atoms with Gasteiger partial charge in [0, 0.05) is 39.6 Å². The van der Waals surface area contributed by atoms with Gasteiger partial charge in [-0.15, -0.1) is 0 Å². The molecule has 1 aliphatic rings. The highest BCUT2D eigenvalue weighted by Crippen LogP contribution is 2.27. The summed E-state index contributed by atoms with van der Waals surface area (Å²) in [7, 11) is 7.06. The summed E-state index contributed by atoms with van der Waals surface area (Å²) in [5, 5.41) is 6.33. The lowest BCUT2D eigenvalue weighted by Gasteiger charge is -2.22. The van der Waals surface area contributed by atoms with Crippen LogP contribution in [0.1, 0.15) is 31.2 Å². The van der Waals surface area contributed by atoms with E-state index in [9.17, 15) is 4.79 Å². The SMILES string of the molecule is CN=C(NCCCC(=O)NC1CC1)N(C)CCc1ccc(OC)c(OC)c1.